The number of rotatable bonds is 7. The topological polar surface area (TPSA) is 63.7 Å². The van der Waals surface area contributed by atoms with E-state index in [9.17, 15) is 13.2 Å². The zero-order chi connectivity index (χ0) is 23.6. The van der Waals surface area contributed by atoms with Crippen LogP contribution in [0.4, 0.5) is 0 Å². The predicted molar refractivity (Wildman–Crippen MR) is 129 cm³/mol. The van der Waals surface area contributed by atoms with E-state index in [2.05, 4.69) is 26.0 Å². The van der Waals surface area contributed by atoms with Gasteiger partial charge in [0, 0.05) is 17.6 Å². The van der Waals surface area contributed by atoms with Crippen molar-refractivity contribution in [1.29, 1.82) is 0 Å². The van der Waals surface area contributed by atoms with Crippen molar-refractivity contribution >= 4 is 27.3 Å². The second-order valence-electron chi connectivity index (χ2n) is 9.05. The Balaban J connectivity index is 1.82. The molecule has 0 aliphatic carbocycles. The van der Waals surface area contributed by atoms with E-state index in [1.807, 2.05) is 38.1 Å². The summed E-state index contributed by atoms with van der Waals surface area (Å²) in [6.45, 7) is 10.1. The molecule has 1 aliphatic heterocycles. The molecular weight excluding hydrogens is 446 g/mol. The lowest BCUT2D eigenvalue weighted by Gasteiger charge is -2.31. The van der Waals surface area contributed by atoms with E-state index in [4.69, 9.17) is 16.3 Å². The summed E-state index contributed by atoms with van der Waals surface area (Å²) in [7, 11) is -3.13. The molecular formula is C25H32ClNO4S. The maximum absolute atomic E-state index is 13.4. The molecule has 5 nitrogen and oxygen atoms in total. The molecule has 2 atom stereocenters. The summed E-state index contributed by atoms with van der Waals surface area (Å²) in [5.41, 5.74) is 3.95. The number of sulfone groups is 1. The summed E-state index contributed by atoms with van der Waals surface area (Å²) in [5, 5.41) is 0.680. The number of ether oxygens (including phenoxy) is 1. The lowest BCUT2D eigenvalue weighted by molar-refractivity contribution is -0.140. The highest BCUT2D eigenvalue weighted by Gasteiger charge is 2.36. The fourth-order valence-electron chi connectivity index (χ4n) is 4.08. The van der Waals surface area contributed by atoms with Crippen molar-refractivity contribution in [3.05, 3.63) is 63.7 Å². The standard InChI is InChI=1S/C25H32ClNO4S/c1-16(2)21-8-6-20(7-9-21)14-27(22-10-11-32(29,30)15-22)25(28)19(5)31-23-12-17(3)24(26)18(4)13-23/h6-9,12-13,16,19,22H,10-11,14-15H2,1-5H3/t19-,22-/m1/s1. The van der Waals surface area contributed by atoms with Crippen molar-refractivity contribution < 1.29 is 17.9 Å². The van der Waals surface area contributed by atoms with Crippen LogP contribution in [-0.2, 0) is 21.2 Å². The molecule has 1 saturated heterocycles. The fraction of sp³-hybridized carbons (Fsp3) is 0.480. The number of hydrogen-bond acceptors (Lipinski definition) is 4. The summed E-state index contributed by atoms with van der Waals surface area (Å²) in [6, 6.07) is 11.4. The maximum Gasteiger partial charge on any atom is 0.263 e. The first kappa shape index (κ1) is 24.6. The molecule has 174 valence electrons. The fourth-order valence-corrected chi connectivity index (χ4v) is 5.91. The van der Waals surface area contributed by atoms with Crippen molar-refractivity contribution in [2.45, 2.75) is 65.6 Å². The van der Waals surface area contributed by atoms with Gasteiger partial charge in [-0.2, -0.15) is 0 Å². The van der Waals surface area contributed by atoms with Gasteiger partial charge in [-0.05, 0) is 67.5 Å². The van der Waals surface area contributed by atoms with Crippen LogP contribution in [0.3, 0.4) is 0 Å². The lowest BCUT2D eigenvalue weighted by Crippen LogP contribution is -2.46. The highest BCUT2D eigenvalue weighted by atomic mass is 35.5. The minimum Gasteiger partial charge on any atom is -0.481 e. The van der Waals surface area contributed by atoms with Gasteiger partial charge in [-0.15, -0.1) is 0 Å². The van der Waals surface area contributed by atoms with E-state index in [1.54, 1.807) is 11.8 Å². The Morgan fingerprint density at radius 3 is 2.22 bits per heavy atom. The number of carbonyl (C=O) groups is 1. The summed E-state index contributed by atoms with van der Waals surface area (Å²) in [5.74, 6) is 0.880. The van der Waals surface area contributed by atoms with Crippen LogP contribution in [0, 0.1) is 13.8 Å². The molecule has 0 spiro atoms. The SMILES string of the molecule is Cc1cc(O[C@H](C)C(=O)N(Cc2ccc(C(C)C)cc2)[C@@H]2CCS(=O)(=O)C2)cc(C)c1Cl. The zero-order valence-corrected chi connectivity index (χ0v) is 21.0. The van der Waals surface area contributed by atoms with Crippen molar-refractivity contribution in [2.24, 2.45) is 0 Å². The highest BCUT2D eigenvalue weighted by molar-refractivity contribution is 7.91. The molecule has 3 rings (SSSR count). The molecule has 0 unspecified atom stereocenters. The number of benzene rings is 2. The van der Waals surface area contributed by atoms with Gasteiger partial charge >= 0.3 is 0 Å². The molecule has 0 radical (unpaired) electrons. The molecule has 2 aromatic rings. The van der Waals surface area contributed by atoms with Gasteiger partial charge in [-0.1, -0.05) is 49.7 Å². The largest absolute Gasteiger partial charge is 0.481 e. The lowest BCUT2D eigenvalue weighted by atomic mass is 10.0. The van der Waals surface area contributed by atoms with E-state index < -0.39 is 15.9 Å². The Bertz CT molecular complexity index is 1060. The van der Waals surface area contributed by atoms with E-state index >= 15 is 0 Å². The zero-order valence-electron chi connectivity index (χ0n) is 19.4. The molecule has 0 saturated carbocycles. The van der Waals surface area contributed by atoms with Gasteiger partial charge in [0.2, 0.25) is 0 Å². The van der Waals surface area contributed by atoms with Gasteiger partial charge in [0.25, 0.3) is 5.91 Å². The van der Waals surface area contributed by atoms with Crippen LogP contribution in [0.25, 0.3) is 0 Å². The minimum absolute atomic E-state index is 0.00526. The van der Waals surface area contributed by atoms with E-state index in [-0.39, 0.29) is 23.5 Å². The molecule has 1 amide bonds. The Labute approximate surface area is 196 Å². The van der Waals surface area contributed by atoms with E-state index in [1.165, 1.54) is 5.56 Å². The number of nitrogens with zero attached hydrogens (tertiary/aromatic N) is 1. The van der Waals surface area contributed by atoms with E-state index in [0.717, 1.165) is 16.7 Å². The van der Waals surface area contributed by atoms with Gasteiger partial charge in [0.15, 0.2) is 15.9 Å². The monoisotopic (exact) mass is 477 g/mol. The van der Waals surface area contributed by atoms with Crippen molar-refractivity contribution in [2.75, 3.05) is 11.5 Å². The quantitative estimate of drug-likeness (QED) is 0.558. The molecule has 32 heavy (non-hydrogen) atoms. The van der Waals surface area contributed by atoms with Gasteiger partial charge in [-0.25, -0.2) is 8.42 Å². The van der Waals surface area contributed by atoms with Crippen LogP contribution < -0.4 is 4.74 Å². The Kier molecular flexibility index (Phi) is 7.56. The Hall–Kier alpha value is -2.05. The minimum atomic E-state index is -3.13. The number of amides is 1. The molecule has 0 N–H and O–H groups in total. The highest BCUT2D eigenvalue weighted by Crippen LogP contribution is 2.28. The molecule has 2 aromatic carbocycles. The first-order valence-electron chi connectivity index (χ1n) is 11.0. The van der Waals surface area contributed by atoms with Crippen LogP contribution >= 0.6 is 11.6 Å². The van der Waals surface area contributed by atoms with E-state index in [0.29, 0.717) is 29.7 Å². The third kappa shape index (κ3) is 5.84. The smallest absolute Gasteiger partial charge is 0.263 e. The third-order valence-electron chi connectivity index (χ3n) is 6.00. The van der Waals surface area contributed by atoms with Gasteiger partial charge in [-0.3, -0.25) is 4.79 Å². The first-order chi connectivity index (χ1) is 15.0. The maximum atomic E-state index is 13.4. The van der Waals surface area contributed by atoms with Gasteiger partial charge in [0.1, 0.15) is 5.75 Å². The van der Waals surface area contributed by atoms with Crippen LogP contribution in [0.2, 0.25) is 5.02 Å². The van der Waals surface area contributed by atoms with Crippen molar-refractivity contribution in [3.8, 4) is 5.75 Å². The molecule has 7 heteroatoms. The molecule has 0 bridgehead atoms. The molecule has 1 heterocycles. The van der Waals surface area contributed by atoms with Gasteiger partial charge < -0.3 is 9.64 Å². The van der Waals surface area contributed by atoms with Crippen LogP contribution in [0.1, 0.15) is 55.4 Å². The molecule has 0 aromatic heterocycles. The van der Waals surface area contributed by atoms with Crippen LogP contribution in [-0.4, -0.2) is 42.9 Å². The normalized spacial score (nSPS) is 18.5. The van der Waals surface area contributed by atoms with Crippen LogP contribution in [0.5, 0.6) is 5.75 Å². The molecule has 1 fully saturated rings. The average molecular weight is 478 g/mol. The number of hydrogen-bond donors (Lipinski definition) is 0. The summed E-state index contributed by atoms with van der Waals surface area (Å²) in [6.07, 6.45) is -0.308. The van der Waals surface area contributed by atoms with Crippen LogP contribution in [0.15, 0.2) is 36.4 Å². The molecule has 1 aliphatic rings. The van der Waals surface area contributed by atoms with Gasteiger partial charge in [0.05, 0.1) is 11.5 Å². The number of halogens is 1. The second kappa shape index (κ2) is 9.84. The Morgan fingerprint density at radius 2 is 1.72 bits per heavy atom. The van der Waals surface area contributed by atoms with Crippen molar-refractivity contribution in [1.82, 2.24) is 4.90 Å². The summed E-state index contributed by atoms with van der Waals surface area (Å²) in [4.78, 5) is 15.1. The average Bonchev–Trinajstić information content (AvgIpc) is 3.09. The summed E-state index contributed by atoms with van der Waals surface area (Å²) >= 11 is 6.25. The Morgan fingerprint density at radius 1 is 1.12 bits per heavy atom. The second-order valence-corrected chi connectivity index (χ2v) is 11.7. The number of carbonyl (C=O) groups excluding carboxylic acids is 1. The first-order valence-corrected chi connectivity index (χ1v) is 13.2. The number of aryl methyl sites for hydroxylation is 2. The summed E-state index contributed by atoms with van der Waals surface area (Å²) < 4.78 is 30.2. The van der Waals surface area contributed by atoms with Crippen molar-refractivity contribution in [3.63, 3.8) is 0 Å². The third-order valence-corrected chi connectivity index (χ3v) is 8.35. The predicted octanol–water partition coefficient (Wildman–Crippen LogP) is 5.06.